The Labute approximate surface area is 334 Å². The van der Waals surface area contributed by atoms with Crippen LogP contribution < -0.4 is 4.90 Å². The van der Waals surface area contributed by atoms with Crippen molar-refractivity contribution in [3.8, 4) is 55.6 Å². The van der Waals surface area contributed by atoms with E-state index in [1.165, 1.54) is 71.6 Å². The minimum Gasteiger partial charge on any atom is -0.310 e. The quantitative estimate of drug-likeness (QED) is 0.151. The summed E-state index contributed by atoms with van der Waals surface area (Å²) in [5.41, 5.74) is 15.2. The summed E-state index contributed by atoms with van der Waals surface area (Å²) in [6, 6.07) is 85.8. The van der Waals surface area contributed by atoms with Crippen molar-refractivity contribution in [3.63, 3.8) is 0 Å². The Morgan fingerprint density at radius 2 is 0.754 bits per heavy atom. The molecule has 1 nitrogen and oxygen atoms in total. The van der Waals surface area contributed by atoms with Gasteiger partial charge in [-0.3, -0.25) is 0 Å². The Hall–Kier alpha value is -7.48. The highest BCUT2D eigenvalue weighted by Gasteiger charge is 2.20. The summed E-state index contributed by atoms with van der Waals surface area (Å²) in [5, 5.41) is 4.95. The first-order chi connectivity index (χ1) is 28.2. The van der Waals surface area contributed by atoms with Crippen LogP contribution in [0.5, 0.6) is 0 Å². The molecule has 0 radical (unpaired) electrons. The molecule has 0 aliphatic carbocycles. The Morgan fingerprint density at radius 1 is 0.228 bits per heavy atom. The molecule has 10 rings (SSSR count). The highest BCUT2D eigenvalue weighted by Crippen LogP contribution is 2.45. The summed E-state index contributed by atoms with van der Waals surface area (Å²) >= 11 is 0. The predicted octanol–water partition coefficient (Wildman–Crippen LogP) is 15.8. The maximum Gasteiger partial charge on any atom is 0.0546 e. The van der Waals surface area contributed by atoms with Crippen LogP contribution in [0.4, 0.5) is 17.1 Å². The zero-order valence-corrected chi connectivity index (χ0v) is 31.5. The minimum atomic E-state index is 1.08. The van der Waals surface area contributed by atoms with E-state index in [2.05, 4.69) is 241 Å². The van der Waals surface area contributed by atoms with E-state index >= 15 is 0 Å². The molecule has 0 spiro atoms. The fourth-order valence-corrected chi connectivity index (χ4v) is 8.16. The van der Waals surface area contributed by atoms with Gasteiger partial charge in [-0.2, -0.15) is 0 Å². The van der Waals surface area contributed by atoms with Crippen LogP contribution in [-0.4, -0.2) is 0 Å². The molecule has 57 heavy (non-hydrogen) atoms. The van der Waals surface area contributed by atoms with Gasteiger partial charge in [-0.25, -0.2) is 0 Å². The lowest BCUT2D eigenvalue weighted by atomic mass is 9.93. The van der Waals surface area contributed by atoms with E-state index in [9.17, 15) is 0 Å². The molecular formula is C56H39N. The highest BCUT2D eigenvalue weighted by molar-refractivity contribution is 5.99. The lowest BCUT2D eigenvalue weighted by molar-refractivity contribution is 1.28. The second-order valence-electron chi connectivity index (χ2n) is 14.6. The Morgan fingerprint density at radius 3 is 1.53 bits per heavy atom. The molecule has 0 aromatic heterocycles. The third-order valence-corrected chi connectivity index (χ3v) is 11.0. The summed E-state index contributed by atoms with van der Waals surface area (Å²) < 4.78 is 0. The van der Waals surface area contributed by atoms with Gasteiger partial charge in [-0.05, 0) is 114 Å². The number of hydrogen-bond acceptors (Lipinski definition) is 1. The number of rotatable bonds is 8. The van der Waals surface area contributed by atoms with E-state index in [0.29, 0.717) is 0 Å². The topological polar surface area (TPSA) is 3.24 Å². The van der Waals surface area contributed by atoms with Gasteiger partial charge in [0.2, 0.25) is 0 Å². The lowest BCUT2D eigenvalue weighted by Crippen LogP contribution is -2.11. The second kappa shape index (κ2) is 15.0. The van der Waals surface area contributed by atoms with Crippen LogP contribution in [0.3, 0.4) is 0 Å². The van der Waals surface area contributed by atoms with Crippen molar-refractivity contribution in [1.82, 2.24) is 0 Å². The standard InChI is InChI=1S/C56H39N/c1-3-14-40(15-4-1)46-22-11-23-47(36-46)42-30-33-51(34-31-42)57(52-25-12-24-48(38-52)49-29-28-41-16-7-8-20-45(41)37-49)56-39-50(32-35-55(56)44-17-5-2-6-18-44)54-27-13-21-43-19-9-10-26-53(43)54/h1-39H. The lowest BCUT2D eigenvalue weighted by Gasteiger charge is -2.29. The highest BCUT2D eigenvalue weighted by atomic mass is 15.1. The largest absolute Gasteiger partial charge is 0.310 e. The average Bonchev–Trinajstić information content (AvgIpc) is 3.30. The summed E-state index contributed by atoms with van der Waals surface area (Å²) in [6.45, 7) is 0. The van der Waals surface area contributed by atoms with Crippen LogP contribution in [-0.2, 0) is 0 Å². The Kier molecular flexibility index (Phi) is 8.95. The number of anilines is 3. The molecule has 0 atom stereocenters. The van der Waals surface area contributed by atoms with Crippen molar-refractivity contribution in [2.75, 3.05) is 4.90 Å². The first kappa shape index (κ1) is 34.0. The molecule has 268 valence electrons. The van der Waals surface area contributed by atoms with Crippen molar-refractivity contribution in [1.29, 1.82) is 0 Å². The maximum atomic E-state index is 2.44. The van der Waals surface area contributed by atoms with Gasteiger partial charge in [0.05, 0.1) is 5.69 Å². The van der Waals surface area contributed by atoms with Crippen molar-refractivity contribution in [3.05, 3.63) is 237 Å². The third-order valence-electron chi connectivity index (χ3n) is 11.0. The van der Waals surface area contributed by atoms with Gasteiger partial charge in [0.25, 0.3) is 0 Å². The average molecular weight is 726 g/mol. The molecular weight excluding hydrogens is 687 g/mol. The number of hydrogen-bond donors (Lipinski definition) is 0. The van der Waals surface area contributed by atoms with E-state index in [1.807, 2.05) is 0 Å². The monoisotopic (exact) mass is 725 g/mol. The third kappa shape index (κ3) is 6.77. The molecule has 0 aliphatic rings. The maximum absolute atomic E-state index is 2.44. The summed E-state index contributed by atoms with van der Waals surface area (Å²) in [6.07, 6.45) is 0. The first-order valence-electron chi connectivity index (χ1n) is 19.6. The predicted molar refractivity (Wildman–Crippen MR) is 243 cm³/mol. The summed E-state index contributed by atoms with van der Waals surface area (Å²) in [4.78, 5) is 2.44. The van der Waals surface area contributed by atoms with Gasteiger partial charge in [0.15, 0.2) is 0 Å². The van der Waals surface area contributed by atoms with Crippen molar-refractivity contribution < 1.29 is 0 Å². The molecule has 10 aromatic carbocycles. The zero-order chi connectivity index (χ0) is 38.0. The molecule has 0 amide bonds. The molecule has 0 N–H and O–H groups in total. The Bertz CT molecular complexity index is 2990. The van der Waals surface area contributed by atoms with Gasteiger partial charge in [0, 0.05) is 16.9 Å². The molecule has 1 heteroatoms. The molecule has 0 saturated heterocycles. The van der Waals surface area contributed by atoms with Crippen LogP contribution >= 0.6 is 0 Å². The Balaban J connectivity index is 1.16. The molecule has 0 heterocycles. The van der Waals surface area contributed by atoms with Crippen LogP contribution in [0.1, 0.15) is 0 Å². The van der Waals surface area contributed by atoms with Gasteiger partial charge in [-0.1, -0.05) is 194 Å². The minimum absolute atomic E-state index is 1.08. The van der Waals surface area contributed by atoms with E-state index in [1.54, 1.807) is 0 Å². The van der Waals surface area contributed by atoms with Gasteiger partial charge in [-0.15, -0.1) is 0 Å². The smallest absolute Gasteiger partial charge is 0.0546 e. The van der Waals surface area contributed by atoms with Gasteiger partial charge < -0.3 is 4.90 Å². The van der Waals surface area contributed by atoms with Crippen LogP contribution in [0, 0.1) is 0 Å². The van der Waals surface area contributed by atoms with Gasteiger partial charge in [0.1, 0.15) is 0 Å². The van der Waals surface area contributed by atoms with Crippen molar-refractivity contribution >= 4 is 38.6 Å². The number of fused-ring (bicyclic) bond motifs is 2. The first-order valence-corrected chi connectivity index (χ1v) is 19.6. The molecule has 0 bridgehead atoms. The molecule has 0 unspecified atom stereocenters. The van der Waals surface area contributed by atoms with Crippen molar-refractivity contribution in [2.24, 2.45) is 0 Å². The molecule has 10 aromatic rings. The fraction of sp³-hybridized carbons (Fsp3) is 0. The molecule has 0 fully saturated rings. The second-order valence-corrected chi connectivity index (χ2v) is 14.6. The van der Waals surface area contributed by atoms with Gasteiger partial charge >= 0.3 is 0 Å². The number of benzene rings is 10. The van der Waals surface area contributed by atoms with Crippen LogP contribution in [0.15, 0.2) is 237 Å². The summed E-state index contributed by atoms with van der Waals surface area (Å²) in [5.74, 6) is 0. The zero-order valence-electron chi connectivity index (χ0n) is 31.5. The van der Waals surface area contributed by atoms with E-state index in [-0.39, 0.29) is 0 Å². The fourth-order valence-electron chi connectivity index (χ4n) is 8.16. The van der Waals surface area contributed by atoms with E-state index in [0.717, 1.165) is 22.6 Å². The summed E-state index contributed by atoms with van der Waals surface area (Å²) in [7, 11) is 0. The molecule has 0 aliphatic heterocycles. The van der Waals surface area contributed by atoms with Crippen LogP contribution in [0.25, 0.3) is 77.2 Å². The molecule has 0 saturated carbocycles. The van der Waals surface area contributed by atoms with E-state index < -0.39 is 0 Å². The normalized spacial score (nSPS) is 11.2. The van der Waals surface area contributed by atoms with E-state index in [4.69, 9.17) is 0 Å². The van der Waals surface area contributed by atoms with Crippen molar-refractivity contribution in [2.45, 2.75) is 0 Å². The van der Waals surface area contributed by atoms with Crippen LogP contribution in [0.2, 0.25) is 0 Å². The SMILES string of the molecule is c1ccc(-c2cccc(-c3ccc(N(c4cccc(-c5ccc6ccccc6c5)c4)c4cc(-c5cccc6ccccc56)ccc4-c4ccccc4)cc3)c2)cc1. The number of nitrogens with zero attached hydrogens (tertiary/aromatic N) is 1.